The summed E-state index contributed by atoms with van der Waals surface area (Å²) in [7, 11) is 1.63. The van der Waals surface area contributed by atoms with E-state index in [2.05, 4.69) is 9.88 Å². The predicted molar refractivity (Wildman–Crippen MR) is 120 cm³/mol. The molecule has 0 atom stereocenters. The first-order valence-electron chi connectivity index (χ1n) is 9.36. The van der Waals surface area contributed by atoms with Crippen LogP contribution in [0.1, 0.15) is 22.5 Å². The summed E-state index contributed by atoms with van der Waals surface area (Å²) in [5.74, 6) is 0.304. The monoisotopic (exact) mass is 419 g/mol. The van der Waals surface area contributed by atoms with Gasteiger partial charge in [-0.05, 0) is 80.4 Å². The van der Waals surface area contributed by atoms with Crippen molar-refractivity contribution >= 4 is 29.3 Å². The van der Waals surface area contributed by atoms with E-state index in [1.165, 1.54) is 0 Å². The van der Waals surface area contributed by atoms with Gasteiger partial charge in [-0.1, -0.05) is 17.7 Å². The average molecular weight is 420 g/mol. The Balaban J connectivity index is 1.93. The third-order valence-corrected chi connectivity index (χ3v) is 5.15. The summed E-state index contributed by atoms with van der Waals surface area (Å²) in [6.45, 7) is 5.80. The van der Waals surface area contributed by atoms with Gasteiger partial charge < -0.3 is 14.6 Å². The second-order valence-corrected chi connectivity index (χ2v) is 7.38. The number of ether oxygens (including phenoxy) is 1. The van der Waals surface area contributed by atoms with E-state index in [-0.39, 0.29) is 5.57 Å². The largest absolute Gasteiger partial charge is 0.497 e. The standard InChI is InChI=1S/C24H22ClN3O2/c1-15-5-6-20(25)13-23(15)27-24(29)19(14-26)12-18-11-16(2)28(17(18)3)21-7-9-22(30-4)10-8-21/h5-13H,1-4H3,(H,27,29)/b19-12+. The van der Waals surface area contributed by atoms with Gasteiger partial charge in [0.05, 0.1) is 7.11 Å². The molecule has 3 rings (SSSR count). The van der Waals surface area contributed by atoms with Crippen molar-refractivity contribution in [3.05, 3.63) is 81.6 Å². The highest BCUT2D eigenvalue weighted by atomic mass is 35.5. The maximum atomic E-state index is 12.7. The van der Waals surface area contributed by atoms with Gasteiger partial charge in [0.1, 0.15) is 17.4 Å². The zero-order valence-electron chi connectivity index (χ0n) is 17.3. The Kier molecular flexibility index (Phi) is 6.29. The van der Waals surface area contributed by atoms with Gasteiger partial charge in [-0.3, -0.25) is 4.79 Å². The van der Waals surface area contributed by atoms with Crippen LogP contribution in [0.3, 0.4) is 0 Å². The van der Waals surface area contributed by atoms with Crippen LogP contribution in [0, 0.1) is 32.1 Å². The lowest BCUT2D eigenvalue weighted by Crippen LogP contribution is -2.14. The van der Waals surface area contributed by atoms with Crippen LogP contribution in [0.5, 0.6) is 5.75 Å². The van der Waals surface area contributed by atoms with Gasteiger partial charge in [-0.15, -0.1) is 0 Å². The van der Waals surface area contributed by atoms with E-state index in [0.29, 0.717) is 10.7 Å². The van der Waals surface area contributed by atoms with Crippen molar-refractivity contribution in [2.45, 2.75) is 20.8 Å². The fourth-order valence-corrected chi connectivity index (χ4v) is 3.46. The summed E-state index contributed by atoms with van der Waals surface area (Å²) in [6.07, 6.45) is 1.61. The molecule has 0 unspecified atom stereocenters. The molecule has 0 bridgehead atoms. The number of carbonyl (C=O) groups is 1. The highest BCUT2D eigenvalue weighted by Crippen LogP contribution is 2.25. The highest BCUT2D eigenvalue weighted by Gasteiger charge is 2.15. The SMILES string of the molecule is COc1ccc(-n2c(C)cc(/C=C(\C#N)C(=O)Nc3cc(Cl)ccc3C)c2C)cc1. The third-order valence-electron chi connectivity index (χ3n) is 4.91. The number of anilines is 1. The molecule has 0 aliphatic rings. The lowest BCUT2D eigenvalue weighted by molar-refractivity contribution is -0.112. The number of nitrogens with one attached hydrogen (secondary N) is 1. The number of nitriles is 1. The molecule has 6 heteroatoms. The van der Waals surface area contributed by atoms with E-state index < -0.39 is 5.91 Å². The number of carbonyl (C=O) groups excluding carboxylic acids is 1. The first-order valence-corrected chi connectivity index (χ1v) is 9.74. The van der Waals surface area contributed by atoms with E-state index in [1.807, 2.05) is 63.2 Å². The minimum atomic E-state index is -0.475. The van der Waals surface area contributed by atoms with Crippen molar-refractivity contribution < 1.29 is 9.53 Å². The molecule has 1 amide bonds. The maximum Gasteiger partial charge on any atom is 0.266 e. The molecule has 30 heavy (non-hydrogen) atoms. The van der Waals surface area contributed by atoms with Crippen molar-refractivity contribution in [2.24, 2.45) is 0 Å². The van der Waals surface area contributed by atoms with Crippen molar-refractivity contribution in [3.63, 3.8) is 0 Å². The van der Waals surface area contributed by atoms with E-state index in [4.69, 9.17) is 16.3 Å². The Morgan fingerprint density at radius 1 is 1.13 bits per heavy atom. The summed E-state index contributed by atoms with van der Waals surface area (Å²) in [4.78, 5) is 12.7. The molecular formula is C24H22ClN3O2. The molecule has 1 N–H and O–H groups in total. The van der Waals surface area contributed by atoms with Crippen LogP contribution in [0.2, 0.25) is 5.02 Å². The Hall–Kier alpha value is -3.49. The second kappa shape index (κ2) is 8.89. The number of halogens is 1. The first-order chi connectivity index (χ1) is 14.3. The number of nitrogens with zero attached hydrogens (tertiary/aromatic N) is 2. The number of aromatic nitrogens is 1. The summed E-state index contributed by atoms with van der Waals surface area (Å²) >= 11 is 6.02. The highest BCUT2D eigenvalue weighted by molar-refractivity contribution is 6.31. The fourth-order valence-electron chi connectivity index (χ4n) is 3.28. The summed E-state index contributed by atoms with van der Waals surface area (Å²) in [6, 6.07) is 16.9. The summed E-state index contributed by atoms with van der Waals surface area (Å²) in [5.41, 5.74) is 5.16. The molecule has 2 aromatic carbocycles. The lowest BCUT2D eigenvalue weighted by atomic mass is 10.1. The third kappa shape index (κ3) is 4.40. The van der Waals surface area contributed by atoms with Gasteiger partial charge in [0.25, 0.3) is 5.91 Å². The lowest BCUT2D eigenvalue weighted by Gasteiger charge is -2.10. The van der Waals surface area contributed by atoms with E-state index in [9.17, 15) is 10.1 Å². The average Bonchev–Trinajstić information content (AvgIpc) is 3.01. The quantitative estimate of drug-likeness (QED) is 0.431. The van der Waals surface area contributed by atoms with Crippen LogP contribution in [0.4, 0.5) is 5.69 Å². The number of hydrogen-bond acceptors (Lipinski definition) is 3. The van der Waals surface area contributed by atoms with Gasteiger partial charge in [0.15, 0.2) is 0 Å². The molecule has 0 aliphatic carbocycles. The Morgan fingerprint density at radius 3 is 2.47 bits per heavy atom. The van der Waals surface area contributed by atoms with Crippen molar-refractivity contribution in [3.8, 4) is 17.5 Å². The normalized spacial score (nSPS) is 11.1. The molecule has 0 saturated carbocycles. The molecule has 1 aromatic heterocycles. The topological polar surface area (TPSA) is 67.0 Å². The molecule has 152 valence electrons. The first kappa shape index (κ1) is 21.2. The molecule has 0 spiro atoms. The molecule has 5 nitrogen and oxygen atoms in total. The van der Waals surface area contributed by atoms with E-state index in [0.717, 1.165) is 34.0 Å². The summed E-state index contributed by atoms with van der Waals surface area (Å²) in [5, 5.41) is 12.9. The number of aryl methyl sites for hydroxylation is 2. The molecule has 3 aromatic rings. The van der Waals surface area contributed by atoms with Crippen LogP contribution in [-0.2, 0) is 4.79 Å². The van der Waals surface area contributed by atoms with Crippen LogP contribution in [-0.4, -0.2) is 17.6 Å². The van der Waals surface area contributed by atoms with Crippen LogP contribution in [0.15, 0.2) is 54.1 Å². The second-order valence-electron chi connectivity index (χ2n) is 6.94. The van der Waals surface area contributed by atoms with Crippen LogP contribution >= 0.6 is 11.6 Å². The van der Waals surface area contributed by atoms with E-state index in [1.54, 1.807) is 25.3 Å². The van der Waals surface area contributed by atoms with Gasteiger partial charge >= 0.3 is 0 Å². The van der Waals surface area contributed by atoms with Crippen LogP contribution < -0.4 is 10.1 Å². The zero-order valence-corrected chi connectivity index (χ0v) is 18.0. The minimum Gasteiger partial charge on any atom is -0.497 e. The molecule has 0 aliphatic heterocycles. The number of methoxy groups -OCH3 is 1. The fraction of sp³-hybridized carbons (Fsp3) is 0.167. The minimum absolute atomic E-state index is 0.0179. The van der Waals surface area contributed by atoms with E-state index >= 15 is 0 Å². The number of amides is 1. The molecule has 1 heterocycles. The number of benzene rings is 2. The van der Waals surface area contributed by atoms with Gasteiger partial charge in [0.2, 0.25) is 0 Å². The smallest absolute Gasteiger partial charge is 0.266 e. The molecular weight excluding hydrogens is 398 g/mol. The zero-order chi connectivity index (χ0) is 21.8. The Bertz CT molecular complexity index is 1170. The predicted octanol–water partition coefficient (Wildman–Crippen LogP) is 5.61. The molecule has 0 radical (unpaired) electrons. The number of rotatable bonds is 5. The Labute approximate surface area is 181 Å². The maximum absolute atomic E-state index is 12.7. The van der Waals surface area contributed by atoms with Gasteiger partial charge in [-0.25, -0.2) is 0 Å². The van der Waals surface area contributed by atoms with Crippen molar-refractivity contribution in [1.82, 2.24) is 4.57 Å². The summed E-state index contributed by atoms with van der Waals surface area (Å²) < 4.78 is 7.29. The van der Waals surface area contributed by atoms with Crippen molar-refractivity contribution in [1.29, 1.82) is 5.26 Å². The molecule has 0 saturated heterocycles. The van der Waals surface area contributed by atoms with Crippen LogP contribution in [0.25, 0.3) is 11.8 Å². The Morgan fingerprint density at radius 2 is 1.83 bits per heavy atom. The molecule has 0 fully saturated rings. The van der Waals surface area contributed by atoms with Gasteiger partial charge in [0, 0.05) is 27.8 Å². The number of hydrogen-bond donors (Lipinski definition) is 1. The van der Waals surface area contributed by atoms with Gasteiger partial charge in [-0.2, -0.15) is 5.26 Å². The van der Waals surface area contributed by atoms with Crippen molar-refractivity contribution in [2.75, 3.05) is 12.4 Å².